The lowest BCUT2D eigenvalue weighted by Crippen LogP contribution is -2.64. The molecule has 4 rings (SSSR count). The predicted octanol–water partition coefficient (Wildman–Crippen LogP) is -0.0432. The molecule has 24 heteroatoms. The van der Waals surface area contributed by atoms with Crippen LogP contribution in [0.2, 0.25) is 0 Å². The number of carbonyl (C=O) groups excluding carboxylic acids is 10. The SMILES string of the molecule is CC(=O)OC[C@H]1O[C@@H](Oc2c(O)c3c(c(O)c2O[C@@H]2O[C@H](COC(C)=O)[C@@H](OC(C)=O)C(OC(C)=O)[C@H]2OC(C)=O)C(=O)C=CC3=O)[C@H](OC(C)=O)[C@@H](OC(C)=O)[C@@H]1OC(C)=O. The molecule has 0 saturated carbocycles. The number of rotatable bonds is 14. The number of hydrogen-bond donors (Lipinski definition) is 2. The zero-order valence-electron chi connectivity index (χ0n) is 34.2. The number of ketones is 2. The summed E-state index contributed by atoms with van der Waals surface area (Å²) in [5.74, 6) is -14.8. The van der Waals surface area contributed by atoms with Gasteiger partial charge in [-0.1, -0.05) is 0 Å². The van der Waals surface area contributed by atoms with Crippen molar-refractivity contribution in [3.8, 4) is 23.0 Å². The number of hydrogen-bond acceptors (Lipinski definition) is 24. The molecule has 2 aliphatic heterocycles. The third kappa shape index (κ3) is 11.5. The summed E-state index contributed by atoms with van der Waals surface area (Å²) in [5, 5.41) is 23.6. The Hall–Kier alpha value is -6.82. The van der Waals surface area contributed by atoms with Crippen molar-refractivity contribution in [2.75, 3.05) is 13.2 Å². The van der Waals surface area contributed by atoms with E-state index in [9.17, 15) is 58.2 Å². The smallest absolute Gasteiger partial charge is 0.303 e. The zero-order chi connectivity index (χ0) is 46.3. The molecule has 0 bridgehead atoms. The van der Waals surface area contributed by atoms with Crippen molar-refractivity contribution in [1.29, 1.82) is 0 Å². The number of phenols is 2. The molecule has 62 heavy (non-hydrogen) atoms. The number of phenolic OH excluding ortho intramolecular Hbond substituents is 2. The van der Waals surface area contributed by atoms with Gasteiger partial charge in [0.1, 0.15) is 25.4 Å². The minimum atomic E-state index is -2.18. The van der Waals surface area contributed by atoms with Crippen molar-refractivity contribution in [1.82, 2.24) is 0 Å². The molecule has 1 aliphatic carbocycles. The Morgan fingerprint density at radius 2 is 0.726 bits per heavy atom. The third-order valence-electron chi connectivity index (χ3n) is 8.60. The van der Waals surface area contributed by atoms with Crippen molar-refractivity contribution in [2.45, 2.75) is 117 Å². The average molecular weight is 883 g/mol. The summed E-state index contributed by atoms with van der Waals surface area (Å²) in [6.07, 6.45) is -17.2. The summed E-state index contributed by atoms with van der Waals surface area (Å²) in [4.78, 5) is 125. The number of carbonyl (C=O) groups is 10. The van der Waals surface area contributed by atoms with E-state index in [1.54, 1.807) is 0 Å². The number of aromatic hydroxyl groups is 2. The summed E-state index contributed by atoms with van der Waals surface area (Å²) in [5.41, 5.74) is -1.74. The fourth-order valence-electron chi connectivity index (χ4n) is 6.49. The standard InChI is InChI=1S/C38H42O24/c1-13(39)51-11-23-29(53-15(3)41)33(55-17(5)43)35(57-19(7)45)37(59-23)61-31-27(49)25-21(47)9-10-22(48)26(25)28(50)32(31)62-38-36(58-20(8)46)34(56-18(6)44)30(54-16(4)42)24(60-38)12-52-14(2)40/h9-10,23-24,29-30,33-38,49-50H,11-12H2,1-8H3/t23-,24-,29-,30-,33+,34?,35-,36-,37+,38+/m1/s1. The first-order valence-corrected chi connectivity index (χ1v) is 18.3. The Kier molecular flexibility index (Phi) is 15.6. The van der Waals surface area contributed by atoms with Gasteiger partial charge in [-0.2, -0.15) is 0 Å². The molecule has 2 saturated heterocycles. The molecule has 0 aromatic heterocycles. The Morgan fingerprint density at radius 3 is 1.00 bits per heavy atom. The predicted molar refractivity (Wildman–Crippen MR) is 193 cm³/mol. The number of fused-ring (bicyclic) bond motifs is 1. The van der Waals surface area contributed by atoms with Gasteiger partial charge in [-0.3, -0.25) is 47.9 Å². The second-order valence-electron chi connectivity index (χ2n) is 13.5. The van der Waals surface area contributed by atoms with E-state index in [-0.39, 0.29) is 0 Å². The minimum absolute atomic E-state index is 0.738. The van der Waals surface area contributed by atoms with Gasteiger partial charge in [0.05, 0.1) is 11.1 Å². The highest BCUT2D eigenvalue weighted by Gasteiger charge is 2.56. The van der Waals surface area contributed by atoms with E-state index in [1.807, 2.05) is 0 Å². The lowest BCUT2D eigenvalue weighted by atomic mass is 9.91. The fraction of sp³-hybridized carbons (Fsp3) is 0.526. The Labute approximate surface area is 350 Å². The Balaban J connectivity index is 2.00. The molecule has 2 fully saturated rings. The molecule has 10 atom stereocenters. The molecular weight excluding hydrogens is 840 g/mol. The number of ether oxygens (including phenoxy) is 12. The third-order valence-corrected chi connectivity index (χ3v) is 8.60. The first-order valence-electron chi connectivity index (χ1n) is 18.3. The highest BCUT2D eigenvalue weighted by molar-refractivity contribution is 6.25. The molecule has 1 unspecified atom stereocenters. The van der Waals surface area contributed by atoms with E-state index >= 15 is 0 Å². The van der Waals surface area contributed by atoms with Crippen molar-refractivity contribution in [2.24, 2.45) is 0 Å². The van der Waals surface area contributed by atoms with E-state index in [0.29, 0.717) is 0 Å². The first-order chi connectivity index (χ1) is 29.0. The molecule has 2 heterocycles. The summed E-state index contributed by atoms with van der Waals surface area (Å²) >= 11 is 0. The van der Waals surface area contributed by atoms with Gasteiger partial charge in [0.15, 0.2) is 47.5 Å². The van der Waals surface area contributed by atoms with Gasteiger partial charge in [-0.25, -0.2) is 0 Å². The molecule has 24 nitrogen and oxygen atoms in total. The maximum absolute atomic E-state index is 13.2. The van der Waals surface area contributed by atoms with Crippen molar-refractivity contribution < 1.29 is 115 Å². The molecule has 0 amide bonds. The van der Waals surface area contributed by atoms with E-state index < -0.39 is 168 Å². The summed E-state index contributed by atoms with van der Waals surface area (Å²) in [7, 11) is 0. The molecule has 338 valence electrons. The van der Waals surface area contributed by atoms with Crippen LogP contribution < -0.4 is 9.47 Å². The summed E-state index contributed by atoms with van der Waals surface area (Å²) < 4.78 is 66.4. The summed E-state index contributed by atoms with van der Waals surface area (Å²) in [6, 6.07) is 0. The van der Waals surface area contributed by atoms with Crippen LogP contribution in [0.15, 0.2) is 12.2 Å². The van der Waals surface area contributed by atoms with Gasteiger partial charge in [-0.05, 0) is 12.2 Å². The Bertz CT molecular complexity index is 1890. The molecule has 3 aliphatic rings. The largest absolute Gasteiger partial charge is 0.504 e. The van der Waals surface area contributed by atoms with Crippen LogP contribution in [0.5, 0.6) is 23.0 Å². The minimum Gasteiger partial charge on any atom is -0.504 e. The highest BCUT2D eigenvalue weighted by Crippen LogP contribution is 2.52. The molecule has 1 aromatic carbocycles. The maximum atomic E-state index is 13.2. The second kappa shape index (κ2) is 20.2. The van der Waals surface area contributed by atoms with Gasteiger partial charge < -0.3 is 67.1 Å². The van der Waals surface area contributed by atoms with E-state index in [1.165, 1.54) is 0 Å². The van der Waals surface area contributed by atoms with Gasteiger partial charge >= 0.3 is 47.8 Å². The molecule has 0 radical (unpaired) electrons. The molecule has 1 aromatic rings. The number of esters is 8. The van der Waals surface area contributed by atoms with E-state index in [0.717, 1.165) is 67.5 Å². The van der Waals surface area contributed by atoms with Gasteiger partial charge in [0, 0.05) is 55.4 Å². The van der Waals surface area contributed by atoms with Crippen molar-refractivity contribution >= 4 is 59.3 Å². The monoisotopic (exact) mass is 882 g/mol. The van der Waals surface area contributed by atoms with Crippen LogP contribution in [0, 0.1) is 0 Å². The maximum Gasteiger partial charge on any atom is 0.303 e. The molecule has 2 N–H and O–H groups in total. The quantitative estimate of drug-likeness (QED) is 0.141. The lowest BCUT2D eigenvalue weighted by Gasteiger charge is -2.45. The van der Waals surface area contributed by atoms with Crippen LogP contribution in [0.4, 0.5) is 0 Å². The zero-order valence-corrected chi connectivity index (χ0v) is 34.2. The number of allylic oxidation sites excluding steroid dienone is 2. The normalized spacial score (nSPS) is 26.4. The van der Waals surface area contributed by atoms with Crippen LogP contribution in [-0.2, 0) is 85.7 Å². The fourth-order valence-corrected chi connectivity index (χ4v) is 6.49. The van der Waals surface area contributed by atoms with Gasteiger partial charge in [-0.15, -0.1) is 0 Å². The highest BCUT2D eigenvalue weighted by atomic mass is 16.8. The van der Waals surface area contributed by atoms with Gasteiger partial charge in [0.2, 0.25) is 36.3 Å². The molecular formula is C38H42O24. The molecule has 0 spiro atoms. The lowest BCUT2D eigenvalue weighted by molar-refractivity contribution is -0.292. The van der Waals surface area contributed by atoms with Crippen LogP contribution in [0.3, 0.4) is 0 Å². The van der Waals surface area contributed by atoms with Crippen LogP contribution in [-0.4, -0.2) is 144 Å². The first kappa shape index (κ1) is 47.9. The van der Waals surface area contributed by atoms with Crippen LogP contribution in [0.1, 0.15) is 76.1 Å². The van der Waals surface area contributed by atoms with Crippen LogP contribution >= 0.6 is 0 Å². The summed E-state index contributed by atoms with van der Waals surface area (Å²) in [6.45, 7) is 6.16. The van der Waals surface area contributed by atoms with Crippen molar-refractivity contribution in [3.05, 3.63) is 23.3 Å². The number of benzene rings is 1. The second-order valence-corrected chi connectivity index (χ2v) is 13.5. The topological polar surface area (TPSA) is 322 Å². The average Bonchev–Trinajstić information content (AvgIpc) is 3.14. The Morgan fingerprint density at radius 1 is 0.452 bits per heavy atom. The van der Waals surface area contributed by atoms with Crippen molar-refractivity contribution in [3.63, 3.8) is 0 Å². The van der Waals surface area contributed by atoms with E-state index in [4.69, 9.17) is 56.8 Å². The van der Waals surface area contributed by atoms with Crippen LogP contribution in [0.25, 0.3) is 0 Å². The van der Waals surface area contributed by atoms with E-state index in [2.05, 4.69) is 0 Å². The van der Waals surface area contributed by atoms with Gasteiger partial charge in [0.25, 0.3) is 0 Å².